The highest BCUT2D eigenvalue weighted by Crippen LogP contribution is 2.27. The van der Waals surface area contributed by atoms with Crippen molar-refractivity contribution >= 4 is 12.1 Å². The summed E-state index contributed by atoms with van der Waals surface area (Å²) < 4.78 is 25.0. The number of esters is 1. The third kappa shape index (κ3) is 5.16. The fraction of sp³-hybridized carbons (Fsp3) is 0.556. The van der Waals surface area contributed by atoms with Gasteiger partial charge in [0, 0.05) is 6.54 Å². The number of nitrogens with two attached hydrogens (primary N) is 1. The van der Waals surface area contributed by atoms with Crippen molar-refractivity contribution in [3.05, 3.63) is 35.9 Å². The van der Waals surface area contributed by atoms with Gasteiger partial charge in [-0.25, -0.2) is 9.18 Å². The quantitative estimate of drug-likeness (QED) is 0.846. The maximum atomic E-state index is 14.6. The van der Waals surface area contributed by atoms with E-state index in [0.717, 1.165) is 10.5 Å². The van der Waals surface area contributed by atoms with Crippen molar-refractivity contribution in [2.75, 3.05) is 6.54 Å². The van der Waals surface area contributed by atoms with Gasteiger partial charge in [0.2, 0.25) is 0 Å². The minimum atomic E-state index is -1.70. The SMILES string of the molecule is CC(C)(C)OC(=O)N1CCC(C(=O)OCc2ccccc2)C(F)C1N. The molecule has 1 aliphatic rings. The molecule has 3 atom stereocenters. The molecule has 1 saturated heterocycles. The molecule has 1 heterocycles. The predicted octanol–water partition coefficient (Wildman–Crippen LogP) is 2.61. The summed E-state index contributed by atoms with van der Waals surface area (Å²) in [6, 6.07) is 9.15. The summed E-state index contributed by atoms with van der Waals surface area (Å²) in [4.78, 5) is 25.4. The molecule has 0 radical (unpaired) electrons. The molecule has 0 aromatic heterocycles. The van der Waals surface area contributed by atoms with Crippen LogP contribution in [-0.2, 0) is 20.9 Å². The third-order valence-corrected chi connectivity index (χ3v) is 3.91. The minimum absolute atomic E-state index is 0.0773. The van der Waals surface area contributed by atoms with Crippen LogP contribution in [0.3, 0.4) is 0 Å². The lowest BCUT2D eigenvalue weighted by Crippen LogP contribution is -2.59. The van der Waals surface area contributed by atoms with Gasteiger partial charge in [0.1, 0.15) is 24.5 Å². The molecule has 1 aliphatic heterocycles. The molecule has 1 fully saturated rings. The van der Waals surface area contributed by atoms with Gasteiger partial charge >= 0.3 is 12.1 Å². The minimum Gasteiger partial charge on any atom is -0.461 e. The molecule has 1 amide bonds. The summed E-state index contributed by atoms with van der Waals surface area (Å²) in [6.45, 7) is 5.38. The van der Waals surface area contributed by atoms with Gasteiger partial charge in [0.15, 0.2) is 0 Å². The van der Waals surface area contributed by atoms with Gasteiger partial charge < -0.3 is 15.2 Å². The zero-order valence-electron chi connectivity index (χ0n) is 14.8. The highest BCUT2D eigenvalue weighted by Gasteiger charge is 2.43. The molecule has 1 aromatic carbocycles. The number of benzene rings is 1. The molecule has 0 aliphatic carbocycles. The second kappa shape index (κ2) is 7.82. The molecule has 25 heavy (non-hydrogen) atoms. The van der Waals surface area contributed by atoms with Crippen molar-refractivity contribution < 1.29 is 23.5 Å². The molecule has 2 N–H and O–H groups in total. The Morgan fingerprint density at radius 3 is 2.52 bits per heavy atom. The largest absolute Gasteiger partial charge is 0.461 e. The molecule has 0 bridgehead atoms. The summed E-state index contributed by atoms with van der Waals surface area (Å²) in [6.07, 6.45) is -3.48. The van der Waals surface area contributed by atoms with Crippen LogP contribution in [0.1, 0.15) is 32.8 Å². The number of carbonyl (C=O) groups excluding carboxylic acids is 2. The second-order valence-electron chi connectivity index (χ2n) is 7.10. The van der Waals surface area contributed by atoms with Crippen molar-refractivity contribution in [3.63, 3.8) is 0 Å². The van der Waals surface area contributed by atoms with Crippen LogP contribution >= 0.6 is 0 Å². The summed E-state index contributed by atoms with van der Waals surface area (Å²) in [5, 5.41) is 0. The van der Waals surface area contributed by atoms with E-state index < -0.39 is 35.9 Å². The molecule has 6 nitrogen and oxygen atoms in total. The Morgan fingerprint density at radius 2 is 1.92 bits per heavy atom. The fourth-order valence-corrected chi connectivity index (χ4v) is 2.61. The Kier molecular flexibility index (Phi) is 6.00. The smallest absolute Gasteiger partial charge is 0.411 e. The first kappa shape index (κ1) is 19.2. The summed E-state index contributed by atoms with van der Waals surface area (Å²) in [5.74, 6) is -1.63. The Hall–Kier alpha value is -2.15. The lowest BCUT2D eigenvalue weighted by Gasteiger charge is -2.39. The molecule has 138 valence electrons. The van der Waals surface area contributed by atoms with E-state index in [4.69, 9.17) is 15.2 Å². The Bertz CT molecular complexity index is 603. The summed E-state index contributed by atoms with van der Waals surface area (Å²) in [5.41, 5.74) is 5.94. The number of amides is 1. The van der Waals surface area contributed by atoms with E-state index >= 15 is 0 Å². The monoisotopic (exact) mass is 352 g/mol. The Labute approximate surface area is 147 Å². The molecule has 3 unspecified atom stereocenters. The van der Waals surface area contributed by atoms with E-state index in [2.05, 4.69) is 0 Å². The highest BCUT2D eigenvalue weighted by molar-refractivity contribution is 5.75. The van der Waals surface area contributed by atoms with Crippen molar-refractivity contribution in [1.82, 2.24) is 4.90 Å². The van der Waals surface area contributed by atoms with Crippen molar-refractivity contribution in [3.8, 4) is 0 Å². The van der Waals surface area contributed by atoms with Crippen LogP contribution in [0.2, 0.25) is 0 Å². The predicted molar refractivity (Wildman–Crippen MR) is 90.2 cm³/mol. The average molecular weight is 352 g/mol. The zero-order chi connectivity index (χ0) is 18.6. The molecule has 2 rings (SSSR count). The number of nitrogens with zero attached hydrogens (tertiary/aromatic N) is 1. The van der Waals surface area contributed by atoms with E-state index in [1.54, 1.807) is 20.8 Å². The number of hydrogen-bond donors (Lipinski definition) is 1. The van der Waals surface area contributed by atoms with Gasteiger partial charge in [-0.1, -0.05) is 30.3 Å². The fourth-order valence-electron chi connectivity index (χ4n) is 2.61. The van der Waals surface area contributed by atoms with Crippen LogP contribution in [0, 0.1) is 5.92 Å². The number of ether oxygens (including phenoxy) is 2. The van der Waals surface area contributed by atoms with Crippen LogP contribution in [0.25, 0.3) is 0 Å². The number of carbonyl (C=O) groups is 2. The first-order chi connectivity index (χ1) is 11.7. The number of hydrogen-bond acceptors (Lipinski definition) is 5. The summed E-state index contributed by atoms with van der Waals surface area (Å²) >= 11 is 0. The van der Waals surface area contributed by atoms with Crippen LogP contribution in [0.5, 0.6) is 0 Å². The maximum Gasteiger partial charge on any atom is 0.411 e. The van der Waals surface area contributed by atoms with Gasteiger partial charge in [-0.05, 0) is 32.8 Å². The first-order valence-electron chi connectivity index (χ1n) is 8.29. The highest BCUT2D eigenvalue weighted by atomic mass is 19.1. The van der Waals surface area contributed by atoms with Gasteiger partial charge in [-0.15, -0.1) is 0 Å². The van der Waals surface area contributed by atoms with E-state index in [-0.39, 0.29) is 19.6 Å². The van der Waals surface area contributed by atoms with Crippen LogP contribution < -0.4 is 5.73 Å². The Balaban J connectivity index is 1.92. The number of halogens is 1. The van der Waals surface area contributed by atoms with E-state index in [1.165, 1.54) is 0 Å². The van der Waals surface area contributed by atoms with Gasteiger partial charge in [-0.3, -0.25) is 9.69 Å². The second-order valence-corrected chi connectivity index (χ2v) is 7.10. The average Bonchev–Trinajstić information content (AvgIpc) is 2.54. The van der Waals surface area contributed by atoms with Crippen molar-refractivity contribution in [2.45, 2.75) is 51.7 Å². The molecular weight excluding hydrogens is 327 g/mol. The third-order valence-electron chi connectivity index (χ3n) is 3.91. The zero-order valence-corrected chi connectivity index (χ0v) is 14.8. The number of alkyl halides is 1. The molecule has 0 spiro atoms. The number of piperidine rings is 1. The van der Waals surface area contributed by atoms with Gasteiger partial charge in [-0.2, -0.15) is 0 Å². The van der Waals surface area contributed by atoms with E-state index in [0.29, 0.717) is 0 Å². The lowest BCUT2D eigenvalue weighted by molar-refractivity contribution is -0.156. The summed E-state index contributed by atoms with van der Waals surface area (Å²) in [7, 11) is 0. The van der Waals surface area contributed by atoms with E-state index in [9.17, 15) is 14.0 Å². The standard InChI is InChI=1S/C18H25FN2O4/c1-18(2,3)25-17(23)21-10-9-13(14(19)15(21)20)16(22)24-11-12-7-5-4-6-8-12/h4-8,13-15H,9-11,20H2,1-3H3. The molecule has 1 aromatic rings. The van der Waals surface area contributed by atoms with Gasteiger partial charge in [0.05, 0.1) is 5.92 Å². The normalized spacial score (nSPS) is 23.9. The van der Waals surface area contributed by atoms with Crippen molar-refractivity contribution in [1.29, 1.82) is 0 Å². The lowest BCUT2D eigenvalue weighted by atomic mass is 9.93. The first-order valence-corrected chi connectivity index (χ1v) is 8.29. The number of rotatable bonds is 3. The maximum absolute atomic E-state index is 14.6. The van der Waals surface area contributed by atoms with Crippen LogP contribution in [-0.4, -0.2) is 41.4 Å². The molecule has 7 heteroatoms. The topological polar surface area (TPSA) is 81.9 Å². The number of likely N-dealkylation sites (tertiary alicyclic amines) is 1. The van der Waals surface area contributed by atoms with Crippen molar-refractivity contribution in [2.24, 2.45) is 11.7 Å². The van der Waals surface area contributed by atoms with Crippen LogP contribution in [0.15, 0.2) is 30.3 Å². The molecular formula is C18H25FN2O4. The van der Waals surface area contributed by atoms with E-state index in [1.807, 2.05) is 30.3 Å². The van der Waals surface area contributed by atoms with Gasteiger partial charge in [0.25, 0.3) is 0 Å². The molecule has 0 saturated carbocycles. The Morgan fingerprint density at radius 1 is 1.28 bits per heavy atom. The van der Waals surface area contributed by atoms with Crippen LogP contribution in [0.4, 0.5) is 9.18 Å².